The monoisotopic (exact) mass is 254 g/mol. The lowest BCUT2D eigenvalue weighted by Crippen LogP contribution is -2.12. The standard InChI is InChI=1S/C9H19BrO3/c1-9(2)13-8-7-12-6-5-11-4-3-10/h9H,3-8H2,1-2H3. The predicted molar refractivity (Wildman–Crippen MR) is 56.5 cm³/mol. The van der Waals surface area contributed by atoms with Crippen molar-refractivity contribution in [1.29, 1.82) is 0 Å². The summed E-state index contributed by atoms with van der Waals surface area (Å²) in [6.45, 7) is 7.39. The summed E-state index contributed by atoms with van der Waals surface area (Å²) >= 11 is 3.27. The topological polar surface area (TPSA) is 27.7 Å². The van der Waals surface area contributed by atoms with Crippen molar-refractivity contribution in [2.45, 2.75) is 20.0 Å². The van der Waals surface area contributed by atoms with Crippen LogP contribution in [-0.2, 0) is 14.2 Å². The summed E-state index contributed by atoms with van der Waals surface area (Å²) in [6.07, 6.45) is 0.285. The van der Waals surface area contributed by atoms with Gasteiger partial charge in [-0.2, -0.15) is 0 Å². The van der Waals surface area contributed by atoms with Gasteiger partial charge in [-0.1, -0.05) is 15.9 Å². The van der Waals surface area contributed by atoms with Crippen LogP contribution in [0.4, 0.5) is 0 Å². The Labute approximate surface area is 88.9 Å². The molecule has 0 N–H and O–H groups in total. The van der Waals surface area contributed by atoms with Gasteiger partial charge in [0.05, 0.1) is 39.1 Å². The Morgan fingerprint density at radius 1 is 0.923 bits per heavy atom. The summed E-state index contributed by atoms with van der Waals surface area (Å²) in [7, 11) is 0. The van der Waals surface area contributed by atoms with E-state index in [0.717, 1.165) is 11.9 Å². The van der Waals surface area contributed by atoms with Crippen molar-refractivity contribution in [3.8, 4) is 0 Å². The summed E-state index contributed by atoms with van der Waals surface area (Å²) in [5.41, 5.74) is 0. The van der Waals surface area contributed by atoms with Crippen LogP contribution in [0.15, 0.2) is 0 Å². The third-order valence-corrected chi connectivity index (χ3v) is 1.60. The molecule has 0 unspecified atom stereocenters. The molecule has 4 heteroatoms. The molecule has 0 aliphatic heterocycles. The molecule has 0 spiro atoms. The third kappa shape index (κ3) is 12.4. The van der Waals surface area contributed by atoms with Crippen molar-refractivity contribution in [2.75, 3.05) is 38.4 Å². The van der Waals surface area contributed by atoms with Gasteiger partial charge in [-0.15, -0.1) is 0 Å². The normalized spacial score (nSPS) is 11.1. The highest BCUT2D eigenvalue weighted by atomic mass is 79.9. The van der Waals surface area contributed by atoms with Crippen LogP contribution < -0.4 is 0 Å². The molecule has 0 bridgehead atoms. The van der Waals surface area contributed by atoms with Gasteiger partial charge in [0, 0.05) is 5.33 Å². The number of rotatable bonds is 9. The molecule has 0 saturated carbocycles. The maximum atomic E-state index is 5.30. The van der Waals surface area contributed by atoms with Gasteiger partial charge in [-0.05, 0) is 13.8 Å². The van der Waals surface area contributed by atoms with E-state index >= 15 is 0 Å². The molecule has 3 nitrogen and oxygen atoms in total. The summed E-state index contributed by atoms with van der Waals surface area (Å²) < 4.78 is 15.8. The fourth-order valence-electron chi connectivity index (χ4n) is 0.719. The van der Waals surface area contributed by atoms with Crippen LogP contribution in [0.3, 0.4) is 0 Å². The van der Waals surface area contributed by atoms with Gasteiger partial charge >= 0.3 is 0 Å². The van der Waals surface area contributed by atoms with E-state index in [1.54, 1.807) is 0 Å². The quantitative estimate of drug-likeness (QED) is 0.465. The fraction of sp³-hybridized carbons (Fsp3) is 1.00. The Hall–Kier alpha value is 0.360. The molecule has 0 radical (unpaired) electrons. The molecule has 0 saturated heterocycles. The molecule has 0 fully saturated rings. The predicted octanol–water partition coefficient (Wildman–Crippen LogP) is 1.84. The van der Waals surface area contributed by atoms with Crippen molar-refractivity contribution in [3.05, 3.63) is 0 Å². The highest BCUT2D eigenvalue weighted by molar-refractivity contribution is 9.09. The van der Waals surface area contributed by atoms with Crippen LogP contribution in [-0.4, -0.2) is 44.5 Å². The van der Waals surface area contributed by atoms with Crippen LogP contribution in [0.2, 0.25) is 0 Å². The maximum absolute atomic E-state index is 5.30. The molecular weight excluding hydrogens is 236 g/mol. The Morgan fingerprint density at radius 3 is 2.00 bits per heavy atom. The Morgan fingerprint density at radius 2 is 1.46 bits per heavy atom. The van der Waals surface area contributed by atoms with Crippen molar-refractivity contribution in [2.24, 2.45) is 0 Å². The van der Waals surface area contributed by atoms with E-state index in [9.17, 15) is 0 Å². The van der Waals surface area contributed by atoms with Gasteiger partial charge in [0.25, 0.3) is 0 Å². The van der Waals surface area contributed by atoms with Crippen LogP contribution in [0.25, 0.3) is 0 Å². The first-order valence-corrected chi connectivity index (χ1v) is 5.72. The SMILES string of the molecule is CC(C)OCCOCCOCCBr. The lowest BCUT2D eigenvalue weighted by molar-refractivity contribution is 0.000480. The van der Waals surface area contributed by atoms with Crippen molar-refractivity contribution in [1.82, 2.24) is 0 Å². The van der Waals surface area contributed by atoms with E-state index < -0.39 is 0 Å². The molecule has 0 amide bonds. The van der Waals surface area contributed by atoms with Crippen LogP contribution in [0.5, 0.6) is 0 Å². The molecule has 0 aliphatic rings. The maximum Gasteiger partial charge on any atom is 0.0703 e. The highest BCUT2D eigenvalue weighted by Crippen LogP contribution is 1.87. The zero-order valence-electron chi connectivity index (χ0n) is 8.42. The van der Waals surface area contributed by atoms with Gasteiger partial charge in [-0.25, -0.2) is 0 Å². The summed E-state index contributed by atoms with van der Waals surface area (Å²) in [5, 5.41) is 0.878. The van der Waals surface area contributed by atoms with E-state index in [1.807, 2.05) is 13.8 Å². The molecule has 0 aromatic carbocycles. The number of ether oxygens (including phenoxy) is 3. The van der Waals surface area contributed by atoms with Crippen molar-refractivity contribution >= 4 is 15.9 Å². The first kappa shape index (κ1) is 13.4. The van der Waals surface area contributed by atoms with Gasteiger partial charge in [0.2, 0.25) is 0 Å². The van der Waals surface area contributed by atoms with E-state index in [2.05, 4.69) is 15.9 Å². The molecule has 0 aromatic rings. The lowest BCUT2D eigenvalue weighted by Gasteiger charge is -2.07. The van der Waals surface area contributed by atoms with Crippen molar-refractivity contribution < 1.29 is 14.2 Å². The highest BCUT2D eigenvalue weighted by Gasteiger charge is 1.93. The van der Waals surface area contributed by atoms with Crippen LogP contribution in [0, 0.1) is 0 Å². The van der Waals surface area contributed by atoms with Crippen molar-refractivity contribution in [3.63, 3.8) is 0 Å². The van der Waals surface area contributed by atoms with Crippen LogP contribution >= 0.6 is 15.9 Å². The molecule has 13 heavy (non-hydrogen) atoms. The van der Waals surface area contributed by atoms with Gasteiger partial charge in [0.15, 0.2) is 0 Å². The second-order valence-electron chi connectivity index (χ2n) is 2.83. The van der Waals surface area contributed by atoms with Gasteiger partial charge < -0.3 is 14.2 Å². The molecule has 0 atom stereocenters. The van der Waals surface area contributed by atoms with E-state index in [4.69, 9.17) is 14.2 Å². The van der Waals surface area contributed by atoms with E-state index in [1.165, 1.54) is 0 Å². The molecule has 0 heterocycles. The molecular formula is C9H19BrO3. The largest absolute Gasteiger partial charge is 0.378 e. The smallest absolute Gasteiger partial charge is 0.0703 e. The second-order valence-corrected chi connectivity index (χ2v) is 3.63. The Kier molecular flexibility index (Phi) is 10.7. The first-order chi connectivity index (χ1) is 6.27. The number of alkyl halides is 1. The molecule has 0 rings (SSSR count). The fourth-order valence-corrected chi connectivity index (χ4v) is 0.948. The van der Waals surface area contributed by atoms with Crippen LogP contribution in [0.1, 0.15) is 13.8 Å². The van der Waals surface area contributed by atoms with E-state index in [-0.39, 0.29) is 6.10 Å². The number of hydrogen-bond acceptors (Lipinski definition) is 3. The number of hydrogen-bond donors (Lipinski definition) is 0. The Balaban J connectivity index is 2.84. The minimum Gasteiger partial charge on any atom is -0.378 e. The second kappa shape index (κ2) is 10.4. The third-order valence-electron chi connectivity index (χ3n) is 1.27. The Bertz CT molecular complexity index is 98.9. The zero-order valence-corrected chi connectivity index (χ0v) is 10.0. The molecule has 0 aliphatic carbocycles. The zero-order chi connectivity index (χ0) is 9.94. The molecule has 80 valence electrons. The summed E-state index contributed by atoms with van der Waals surface area (Å²) in [4.78, 5) is 0. The first-order valence-electron chi connectivity index (χ1n) is 4.60. The average Bonchev–Trinajstić information content (AvgIpc) is 2.09. The van der Waals surface area contributed by atoms with E-state index in [0.29, 0.717) is 26.4 Å². The summed E-state index contributed by atoms with van der Waals surface area (Å²) in [6, 6.07) is 0. The number of halogens is 1. The minimum absolute atomic E-state index is 0.285. The summed E-state index contributed by atoms with van der Waals surface area (Å²) in [5.74, 6) is 0. The van der Waals surface area contributed by atoms with Gasteiger partial charge in [0.1, 0.15) is 0 Å². The lowest BCUT2D eigenvalue weighted by atomic mass is 10.5. The minimum atomic E-state index is 0.285. The molecule has 0 aromatic heterocycles. The van der Waals surface area contributed by atoms with Gasteiger partial charge in [-0.3, -0.25) is 0 Å². The average molecular weight is 255 g/mol.